The zero-order valence-electron chi connectivity index (χ0n) is 15.9. The number of fused-ring (bicyclic) bond motifs is 1. The highest BCUT2D eigenvalue weighted by atomic mass is 32.2. The number of carbonyl (C=O) groups excluding carboxylic acids is 1. The molecule has 7 heteroatoms. The van der Waals surface area contributed by atoms with Crippen molar-refractivity contribution in [1.29, 1.82) is 0 Å². The van der Waals surface area contributed by atoms with Crippen molar-refractivity contribution in [3.8, 4) is 0 Å². The van der Waals surface area contributed by atoms with Crippen molar-refractivity contribution in [1.82, 2.24) is 9.97 Å². The molecule has 2 heterocycles. The van der Waals surface area contributed by atoms with Gasteiger partial charge in [0.05, 0.1) is 16.4 Å². The predicted octanol–water partition coefficient (Wildman–Crippen LogP) is 4.42. The second-order valence-electron chi connectivity index (χ2n) is 6.47. The molecule has 1 aromatic carbocycles. The van der Waals surface area contributed by atoms with Gasteiger partial charge in [-0.2, -0.15) is 0 Å². The Labute approximate surface area is 166 Å². The number of carbonyl (C=O) groups is 1. The van der Waals surface area contributed by atoms with Crippen molar-refractivity contribution in [2.45, 2.75) is 45.1 Å². The summed E-state index contributed by atoms with van der Waals surface area (Å²) in [4.78, 5) is 34.0. The lowest BCUT2D eigenvalue weighted by molar-refractivity contribution is -0.115. The SMILES string of the molecule is CCc1ccc(NC(=O)C(C)SCc2nc3sc(C)c(C)c3c(=O)[nH]2)cc1. The number of hydrogen-bond acceptors (Lipinski definition) is 5. The zero-order chi connectivity index (χ0) is 19.6. The predicted molar refractivity (Wildman–Crippen MR) is 115 cm³/mol. The Morgan fingerprint density at radius 1 is 1.30 bits per heavy atom. The van der Waals surface area contributed by atoms with Crippen LogP contribution in [0.3, 0.4) is 0 Å². The number of anilines is 1. The van der Waals surface area contributed by atoms with E-state index in [1.807, 2.05) is 45.0 Å². The van der Waals surface area contributed by atoms with Crippen LogP contribution in [0.5, 0.6) is 0 Å². The third-order valence-electron chi connectivity index (χ3n) is 4.56. The van der Waals surface area contributed by atoms with Crippen LogP contribution in [0.4, 0.5) is 5.69 Å². The molecule has 0 saturated heterocycles. The molecule has 0 aliphatic rings. The van der Waals surface area contributed by atoms with Gasteiger partial charge >= 0.3 is 0 Å². The molecule has 1 amide bonds. The first-order valence-electron chi connectivity index (χ1n) is 8.89. The van der Waals surface area contributed by atoms with Gasteiger partial charge in [-0.15, -0.1) is 23.1 Å². The summed E-state index contributed by atoms with van der Waals surface area (Å²) >= 11 is 2.99. The van der Waals surface area contributed by atoms with Crippen molar-refractivity contribution < 1.29 is 4.79 Å². The van der Waals surface area contributed by atoms with Gasteiger partial charge in [-0.05, 0) is 50.5 Å². The number of aromatic nitrogens is 2. The third-order valence-corrected chi connectivity index (χ3v) is 6.81. The number of nitrogens with zero attached hydrogens (tertiary/aromatic N) is 1. The molecule has 5 nitrogen and oxygen atoms in total. The minimum absolute atomic E-state index is 0.0597. The van der Waals surface area contributed by atoms with Gasteiger partial charge in [-0.25, -0.2) is 4.98 Å². The number of amides is 1. The number of H-pyrrole nitrogens is 1. The van der Waals surface area contributed by atoms with E-state index in [0.717, 1.165) is 27.4 Å². The van der Waals surface area contributed by atoms with Gasteiger partial charge in [-0.1, -0.05) is 19.1 Å². The van der Waals surface area contributed by atoms with E-state index in [4.69, 9.17) is 0 Å². The zero-order valence-corrected chi connectivity index (χ0v) is 17.5. The number of thiophene rings is 1. The van der Waals surface area contributed by atoms with Crippen LogP contribution in [-0.2, 0) is 17.0 Å². The summed E-state index contributed by atoms with van der Waals surface area (Å²) in [5.41, 5.74) is 2.91. The molecule has 1 atom stereocenters. The first-order valence-corrected chi connectivity index (χ1v) is 10.8. The van der Waals surface area contributed by atoms with Crippen LogP contribution < -0.4 is 10.9 Å². The Kier molecular flexibility index (Phi) is 6.01. The van der Waals surface area contributed by atoms with E-state index in [-0.39, 0.29) is 16.7 Å². The average Bonchev–Trinajstić information content (AvgIpc) is 2.94. The van der Waals surface area contributed by atoms with E-state index in [1.54, 1.807) is 0 Å². The highest BCUT2D eigenvalue weighted by Crippen LogP contribution is 2.26. The molecule has 3 aromatic rings. The van der Waals surface area contributed by atoms with Crippen LogP contribution in [0.25, 0.3) is 10.2 Å². The lowest BCUT2D eigenvalue weighted by Crippen LogP contribution is -2.23. The fraction of sp³-hybridized carbons (Fsp3) is 0.350. The number of aromatic amines is 1. The maximum atomic E-state index is 12.4. The first kappa shape index (κ1) is 19.6. The van der Waals surface area contributed by atoms with E-state index >= 15 is 0 Å². The molecule has 0 radical (unpaired) electrons. The summed E-state index contributed by atoms with van der Waals surface area (Å²) in [6, 6.07) is 7.87. The molecule has 2 aromatic heterocycles. The van der Waals surface area contributed by atoms with Crippen LogP contribution in [0.15, 0.2) is 29.1 Å². The Balaban J connectivity index is 1.64. The quantitative estimate of drug-likeness (QED) is 0.641. The molecular formula is C20H23N3O2S2. The maximum absolute atomic E-state index is 12.4. The van der Waals surface area contributed by atoms with E-state index in [1.165, 1.54) is 28.7 Å². The molecule has 0 saturated carbocycles. The number of thioether (sulfide) groups is 1. The monoisotopic (exact) mass is 401 g/mol. The molecule has 0 spiro atoms. The normalized spacial score (nSPS) is 12.3. The largest absolute Gasteiger partial charge is 0.325 e. The number of hydrogen-bond donors (Lipinski definition) is 2. The van der Waals surface area contributed by atoms with Crippen LogP contribution in [0, 0.1) is 13.8 Å². The topological polar surface area (TPSA) is 74.8 Å². The van der Waals surface area contributed by atoms with Crippen LogP contribution in [0.1, 0.15) is 35.7 Å². The number of aryl methyl sites for hydroxylation is 3. The van der Waals surface area contributed by atoms with Gasteiger partial charge in [0.25, 0.3) is 5.56 Å². The molecule has 1 unspecified atom stereocenters. The number of rotatable bonds is 6. The van der Waals surface area contributed by atoms with Crippen molar-refractivity contribution in [2.75, 3.05) is 5.32 Å². The smallest absolute Gasteiger partial charge is 0.259 e. The van der Waals surface area contributed by atoms with Crippen molar-refractivity contribution >= 4 is 44.9 Å². The second-order valence-corrected chi connectivity index (χ2v) is 9.00. The molecule has 0 aliphatic heterocycles. The molecule has 3 rings (SSSR count). The summed E-state index contributed by atoms with van der Waals surface area (Å²) in [7, 11) is 0. The van der Waals surface area contributed by atoms with E-state index in [2.05, 4.69) is 22.2 Å². The molecule has 0 fully saturated rings. The van der Waals surface area contributed by atoms with Crippen LogP contribution in [0.2, 0.25) is 0 Å². The van der Waals surface area contributed by atoms with Gasteiger partial charge in [-0.3, -0.25) is 9.59 Å². The third kappa shape index (κ3) is 4.42. The summed E-state index contributed by atoms with van der Waals surface area (Å²) in [5, 5.41) is 3.34. The molecular weight excluding hydrogens is 378 g/mol. The summed E-state index contributed by atoms with van der Waals surface area (Å²) in [5.74, 6) is 1.02. The lowest BCUT2D eigenvalue weighted by atomic mass is 10.1. The van der Waals surface area contributed by atoms with Gasteiger partial charge in [0.1, 0.15) is 10.7 Å². The fourth-order valence-electron chi connectivity index (χ4n) is 2.71. The Morgan fingerprint density at radius 3 is 2.67 bits per heavy atom. The fourth-order valence-corrected chi connectivity index (χ4v) is 4.52. The van der Waals surface area contributed by atoms with E-state index in [9.17, 15) is 9.59 Å². The molecule has 0 aliphatic carbocycles. The van der Waals surface area contributed by atoms with Gasteiger partial charge in [0, 0.05) is 10.6 Å². The molecule has 27 heavy (non-hydrogen) atoms. The van der Waals surface area contributed by atoms with Crippen LogP contribution in [-0.4, -0.2) is 21.1 Å². The summed E-state index contributed by atoms with van der Waals surface area (Å²) in [6.45, 7) is 7.89. The molecule has 2 N–H and O–H groups in total. The lowest BCUT2D eigenvalue weighted by Gasteiger charge is -2.12. The Bertz CT molecular complexity index is 1020. The summed E-state index contributed by atoms with van der Waals surface area (Å²) < 4.78 is 0. The second kappa shape index (κ2) is 8.27. The van der Waals surface area contributed by atoms with Crippen molar-refractivity contribution in [3.05, 3.63) is 56.4 Å². The number of benzene rings is 1. The Hall–Kier alpha value is -2.12. The minimum Gasteiger partial charge on any atom is -0.325 e. The van der Waals surface area contributed by atoms with Crippen molar-refractivity contribution in [2.24, 2.45) is 0 Å². The summed E-state index contributed by atoms with van der Waals surface area (Å²) in [6.07, 6.45) is 0.972. The van der Waals surface area contributed by atoms with E-state index < -0.39 is 0 Å². The minimum atomic E-state index is -0.261. The van der Waals surface area contributed by atoms with Gasteiger partial charge in [0.2, 0.25) is 5.91 Å². The molecule has 0 bridgehead atoms. The van der Waals surface area contributed by atoms with Gasteiger partial charge < -0.3 is 10.3 Å². The van der Waals surface area contributed by atoms with E-state index in [0.29, 0.717) is 17.0 Å². The molecule has 142 valence electrons. The highest BCUT2D eigenvalue weighted by Gasteiger charge is 2.16. The van der Waals surface area contributed by atoms with Gasteiger partial charge in [0.15, 0.2) is 0 Å². The van der Waals surface area contributed by atoms with Crippen molar-refractivity contribution in [3.63, 3.8) is 0 Å². The highest BCUT2D eigenvalue weighted by molar-refractivity contribution is 7.99. The first-order chi connectivity index (χ1) is 12.9. The maximum Gasteiger partial charge on any atom is 0.259 e. The Morgan fingerprint density at radius 2 is 2.00 bits per heavy atom. The average molecular weight is 402 g/mol. The number of nitrogens with one attached hydrogen (secondary N) is 2. The van der Waals surface area contributed by atoms with Crippen LogP contribution >= 0.6 is 23.1 Å². The standard InChI is InChI=1S/C20H23N3O2S2/c1-5-14-6-8-15(9-7-14)21-18(24)13(4)26-10-16-22-19(25)17-11(2)12(3)27-20(17)23-16/h6-9,13H,5,10H2,1-4H3,(H,21,24)(H,22,23,25).